The van der Waals surface area contributed by atoms with E-state index in [1.807, 2.05) is 6.07 Å². The van der Waals surface area contributed by atoms with Crippen LogP contribution in [0.1, 0.15) is 24.0 Å². The molecule has 2 N–H and O–H groups in total. The molecule has 1 aliphatic rings. The van der Waals surface area contributed by atoms with Gasteiger partial charge < -0.3 is 5.32 Å². The van der Waals surface area contributed by atoms with Crippen LogP contribution in [0.5, 0.6) is 0 Å². The number of hydrogen-bond acceptors (Lipinski definition) is 3. The zero-order valence-electron chi connectivity index (χ0n) is 10.5. The molecule has 0 aromatic heterocycles. The van der Waals surface area contributed by atoms with Crippen molar-refractivity contribution in [1.29, 1.82) is 0 Å². The average molecular weight is 333 g/mol. The van der Waals surface area contributed by atoms with Crippen LogP contribution >= 0.6 is 15.9 Å². The zero-order chi connectivity index (χ0) is 13.3. The highest BCUT2D eigenvalue weighted by Crippen LogP contribution is 2.26. The first-order chi connectivity index (χ1) is 8.44. The molecule has 1 aliphatic carbocycles. The first kappa shape index (κ1) is 14.0. The third-order valence-electron chi connectivity index (χ3n) is 3.09. The maximum absolute atomic E-state index is 11.9. The number of rotatable bonds is 5. The molecule has 0 atom stereocenters. The van der Waals surface area contributed by atoms with Gasteiger partial charge in [0.05, 0.1) is 4.90 Å². The molecule has 0 radical (unpaired) electrons. The van der Waals surface area contributed by atoms with Gasteiger partial charge >= 0.3 is 0 Å². The summed E-state index contributed by atoms with van der Waals surface area (Å²) in [7, 11) is -1.98. The van der Waals surface area contributed by atoms with Crippen LogP contribution in [-0.4, -0.2) is 21.5 Å². The van der Waals surface area contributed by atoms with E-state index >= 15 is 0 Å². The van der Waals surface area contributed by atoms with Crippen molar-refractivity contribution in [1.82, 2.24) is 10.0 Å². The Morgan fingerprint density at radius 1 is 1.39 bits per heavy atom. The fourth-order valence-corrected chi connectivity index (χ4v) is 3.43. The van der Waals surface area contributed by atoms with Gasteiger partial charge in [-0.3, -0.25) is 0 Å². The molecular weight excluding hydrogens is 316 g/mol. The Kier molecular flexibility index (Phi) is 4.11. The van der Waals surface area contributed by atoms with Gasteiger partial charge in [-0.05, 0) is 50.1 Å². The quantitative estimate of drug-likeness (QED) is 0.866. The second-order valence-corrected chi connectivity index (χ2v) is 7.27. The summed E-state index contributed by atoms with van der Waals surface area (Å²) in [6, 6.07) is 4.31. The maximum atomic E-state index is 11.9. The van der Waals surface area contributed by atoms with E-state index in [1.165, 1.54) is 19.9 Å². The lowest BCUT2D eigenvalue weighted by Crippen LogP contribution is -2.21. The summed E-state index contributed by atoms with van der Waals surface area (Å²) in [6.45, 7) is 2.50. The lowest BCUT2D eigenvalue weighted by atomic mass is 10.1. The minimum absolute atomic E-state index is 0.340. The largest absolute Gasteiger partial charge is 0.310 e. The Balaban J connectivity index is 2.32. The van der Waals surface area contributed by atoms with Crippen LogP contribution in [-0.2, 0) is 16.6 Å². The van der Waals surface area contributed by atoms with Crippen molar-refractivity contribution in [2.75, 3.05) is 7.05 Å². The normalized spacial score (nSPS) is 15.9. The Bertz CT molecular complexity index is 553. The maximum Gasteiger partial charge on any atom is 0.240 e. The highest BCUT2D eigenvalue weighted by molar-refractivity contribution is 9.10. The Morgan fingerprint density at radius 2 is 2.06 bits per heavy atom. The van der Waals surface area contributed by atoms with Gasteiger partial charge in [0, 0.05) is 17.1 Å². The molecule has 2 rings (SSSR count). The monoisotopic (exact) mass is 332 g/mol. The summed E-state index contributed by atoms with van der Waals surface area (Å²) < 4.78 is 27.0. The van der Waals surface area contributed by atoms with E-state index in [-0.39, 0.29) is 0 Å². The molecule has 0 unspecified atom stereocenters. The highest BCUT2D eigenvalue weighted by atomic mass is 79.9. The average Bonchev–Trinajstić information content (AvgIpc) is 3.14. The Hall–Kier alpha value is -0.430. The summed E-state index contributed by atoms with van der Waals surface area (Å²) in [5, 5.41) is 3.38. The van der Waals surface area contributed by atoms with Gasteiger partial charge in [-0.2, -0.15) is 0 Å². The summed E-state index contributed by atoms with van der Waals surface area (Å²) >= 11 is 3.42. The summed E-state index contributed by atoms with van der Waals surface area (Å²) in [6.07, 6.45) is 2.43. The molecule has 0 heterocycles. The molecule has 1 aromatic carbocycles. The second kappa shape index (κ2) is 5.28. The Morgan fingerprint density at radius 3 is 2.61 bits per heavy atom. The predicted octanol–water partition coefficient (Wildman–Crippen LogP) is 1.92. The highest BCUT2D eigenvalue weighted by Gasteiger charge is 2.21. The van der Waals surface area contributed by atoms with E-state index in [0.29, 0.717) is 17.5 Å². The number of benzene rings is 1. The van der Waals surface area contributed by atoms with Crippen molar-refractivity contribution < 1.29 is 8.42 Å². The standard InChI is InChI=1S/C12H17BrN2O2S/c1-8-11(13)5-9(7-15-10-3-4-10)6-12(8)18(16,17)14-2/h5-6,10,14-15H,3-4,7H2,1-2H3. The van der Waals surface area contributed by atoms with E-state index in [0.717, 1.165) is 15.6 Å². The smallest absolute Gasteiger partial charge is 0.240 e. The van der Waals surface area contributed by atoms with E-state index in [4.69, 9.17) is 0 Å². The van der Waals surface area contributed by atoms with Gasteiger partial charge in [-0.15, -0.1) is 0 Å². The van der Waals surface area contributed by atoms with Crippen LogP contribution in [0.2, 0.25) is 0 Å². The minimum Gasteiger partial charge on any atom is -0.310 e. The third kappa shape index (κ3) is 3.12. The van der Waals surface area contributed by atoms with Gasteiger partial charge in [0.1, 0.15) is 0 Å². The van der Waals surface area contributed by atoms with Gasteiger partial charge in [-0.1, -0.05) is 15.9 Å². The van der Waals surface area contributed by atoms with Crippen LogP contribution < -0.4 is 10.0 Å². The fourth-order valence-electron chi connectivity index (χ4n) is 1.75. The lowest BCUT2D eigenvalue weighted by Gasteiger charge is -2.12. The molecule has 100 valence electrons. The van der Waals surface area contributed by atoms with Crippen LogP contribution in [0, 0.1) is 6.92 Å². The number of halogens is 1. The molecular formula is C12H17BrN2O2S. The first-order valence-corrected chi connectivity index (χ1v) is 8.17. The second-order valence-electron chi connectivity index (χ2n) is 4.56. The minimum atomic E-state index is -3.40. The molecule has 4 nitrogen and oxygen atoms in total. The molecule has 1 saturated carbocycles. The number of sulfonamides is 1. The van der Waals surface area contributed by atoms with Crippen molar-refractivity contribution in [2.24, 2.45) is 0 Å². The summed E-state index contributed by atoms with van der Waals surface area (Å²) in [5.74, 6) is 0. The molecule has 1 aromatic rings. The third-order valence-corrected chi connectivity index (χ3v) is 5.45. The molecule has 0 bridgehead atoms. The van der Waals surface area contributed by atoms with Crippen LogP contribution in [0.3, 0.4) is 0 Å². The van der Waals surface area contributed by atoms with Crippen molar-refractivity contribution in [3.8, 4) is 0 Å². The number of hydrogen-bond donors (Lipinski definition) is 2. The molecule has 0 saturated heterocycles. The van der Waals surface area contributed by atoms with Gasteiger partial charge in [0.2, 0.25) is 10.0 Å². The van der Waals surface area contributed by atoms with E-state index in [2.05, 4.69) is 26.0 Å². The van der Waals surface area contributed by atoms with Crippen LogP contribution in [0.25, 0.3) is 0 Å². The molecule has 6 heteroatoms. The molecule has 0 aliphatic heterocycles. The lowest BCUT2D eigenvalue weighted by molar-refractivity contribution is 0.587. The zero-order valence-corrected chi connectivity index (χ0v) is 12.9. The van der Waals surface area contributed by atoms with Crippen LogP contribution in [0.15, 0.2) is 21.5 Å². The summed E-state index contributed by atoms with van der Waals surface area (Å²) in [5.41, 5.74) is 1.72. The molecule has 1 fully saturated rings. The first-order valence-electron chi connectivity index (χ1n) is 5.90. The van der Waals surface area contributed by atoms with Crippen molar-refractivity contribution in [3.63, 3.8) is 0 Å². The van der Waals surface area contributed by atoms with Gasteiger partial charge in [-0.25, -0.2) is 13.1 Å². The van der Waals surface area contributed by atoms with Crippen molar-refractivity contribution in [2.45, 2.75) is 37.2 Å². The predicted molar refractivity (Wildman–Crippen MR) is 75.0 cm³/mol. The van der Waals surface area contributed by atoms with Crippen molar-refractivity contribution >= 4 is 26.0 Å². The van der Waals surface area contributed by atoms with Gasteiger partial charge in [0.15, 0.2) is 0 Å². The summed E-state index contributed by atoms with van der Waals surface area (Å²) in [4.78, 5) is 0.340. The van der Waals surface area contributed by atoms with E-state index < -0.39 is 10.0 Å². The Labute approximate surface area is 116 Å². The van der Waals surface area contributed by atoms with Crippen molar-refractivity contribution in [3.05, 3.63) is 27.7 Å². The molecule has 0 spiro atoms. The van der Waals surface area contributed by atoms with Gasteiger partial charge in [0.25, 0.3) is 0 Å². The fraction of sp³-hybridized carbons (Fsp3) is 0.500. The topological polar surface area (TPSA) is 58.2 Å². The van der Waals surface area contributed by atoms with Crippen LogP contribution in [0.4, 0.5) is 0 Å². The molecule has 0 amide bonds. The molecule has 18 heavy (non-hydrogen) atoms. The number of nitrogens with one attached hydrogen (secondary N) is 2. The SMILES string of the molecule is CNS(=O)(=O)c1cc(CNC2CC2)cc(Br)c1C. The van der Waals surface area contributed by atoms with E-state index in [9.17, 15) is 8.42 Å². The van der Waals surface area contributed by atoms with E-state index in [1.54, 1.807) is 13.0 Å².